The van der Waals surface area contributed by atoms with Gasteiger partial charge in [-0.05, 0) is 64.8 Å². The highest BCUT2D eigenvalue weighted by Gasteiger charge is 2.22. The van der Waals surface area contributed by atoms with Crippen LogP contribution >= 0.6 is 11.6 Å². The molecule has 0 aliphatic carbocycles. The van der Waals surface area contributed by atoms with Gasteiger partial charge in [0.2, 0.25) is 5.91 Å². The fourth-order valence-corrected chi connectivity index (χ4v) is 4.63. The number of carbonyl (C=O) groups is 2. The smallest absolute Gasteiger partial charge is 0.252 e. The molecule has 0 atom stereocenters. The largest absolute Gasteiger partial charge is 0.352 e. The molecule has 0 saturated heterocycles. The van der Waals surface area contributed by atoms with Crippen molar-refractivity contribution in [3.63, 3.8) is 0 Å². The number of amides is 2. The number of nitrogens with zero attached hydrogens (tertiary/aromatic N) is 3. The van der Waals surface area contributed by atoms with E-state index in [1.54, 1.807) is 18.2 Å². The number of halogens is 1. The van der Waals surface area contributed by atoms with Crippen molar-refractivity contribution in [1.82, 2.24) is 19.8 Å². The number of aryl methyl sites for hydroxylation is 1. The minimum absolute atomic E-state index is 0.108. The summed E-state index contributed by atoms with van der Waals surface area (Å²) in [4.78, 5) is 32.2. The standard InChI is InChI=1S/C27H35ClN4O2/c1-19(2)32(20(3)4)26(33)18-31-24-15-10-9-14-23(24)30-25(31)16-6-5-11-17-29-27(34)21-12-7-8-13-22(21)28/h7-10,12-15,19-20H,5-6,11,16-18H2,1-4H3,(H,29,34). The van der Waals surface area contributed by atoms with Crippen molar-refractivity contribution in [1.29, 1.82) is 0 Å². The van der Waals surface area contributed by atoms with E-state index < -0.39 is 0 Å². The first-order valence-corrected chi connectivity index (χ1v) is 12.5. The molecule has 0 radical (unpaired) electrons. The van der Waals surface area contributed by atoms with Gasteiger partial charge in [0.1, 0.15) is 12.4 Å². The number of unbranched alkanes of at least 4 members (excludes halogenated alkanes) is 2. The van der Waals surface area contributed by atoms with Gasteiger partial charge in [0.25, 0.3) is 5.91 Å². The molecule has 3 rings (SSSR count). The topological polar surface area (TPSA) is 67.2 Å². The molecule has 0 saturated carbocycles. The number of benzene rings is 2. The monoisotopic (exact) mass is 482 g/mol. The summed E-state index contributed by atoms with van der Waals surface area (Å²) in [6.07, 6.45) is 3.52. The Kier molecular flexibility index (Phi) is 9.11. The Morgan fingerprint density at radius 2 is 1.65 bits per heavy atom. The summed E-state index contributed by atoms with van der Waals surface area (Å²) in [7, 11) is 0. The first kappa shape index (κ1) is 25.8. The molecular weight excluding hydrogens is 448 g/mol. The average molecular weight is 483 g/mol. The van der Waals surface area contributed by atoms with Crippen LogP contribution in [0.2, 0.25) is 5.02 Å². The number of nitrogens with one attached hydrogen (secondary N) is 1. The molecule has 6 nitrogen and oxygen atoms in total. The second-order valence-corrected chi connectivity index (χ2v) is 9.55. The zero-order valence-corrected chi connectivity index (χ0v) is 21.3. The maximum atomic E-state index is 13.1. The van der Waals surface area contributed by atoms with Gasteiger partial charge in [-0.1, -0.05) is 42.3 Å². The number of imidazole rings is 1. The molecule has 0 aliphatic heterocycles. The third kappa shape index (κ3) is 6.38. The molecule has 0 unspecified atom stereocenters. The van der Waals surface area contributed by atoms with Gasteiger partial charge in [-0.2, -0.15) is 0 Å². The van der Waals surface area contributed by atoms with Gasteiger partial charge in [-0.25, -0.2) is 4.98 Å². The highest BCUT2D eigenvalue weighted by atomic mass is 35.5. The van der Waals surface area contributed by atoms with Gasteiger partial charge in [0.05, 0.1) is 21.6 Å². The Labute approximate surface area is 207 Å². The van der Waals surface area contributed by atoms with Crippen molar-refractivity contribution < 1.29 is 9.59 Å². The molecule has 0 aliphatic rings. The zero-order valence-electron chi connectivity index (χ0n) is 20.6. The van der Waals surface area contributed by atoms with Gasteiger partial charge in [-0.15, -0.1) is 0 Å². The van der Waals surface area contributed by atoms with Crippen LogP contribution in [0.4, 0.5) is 0 Å². The summed E-state index contributed by atoms with van der Waals surface area (Å²) < 4.78 is 2.06. The number of hydrogen-bond donors (Lipinski definition) is 1. The summed E-state index contributed by atoms with van der Waals surface area (Å²) >= 11 is 6.09. The number of rotatable bonds is 11. The lowest BCUT2D eigenvalue weighted by atomic mass is 10.1. The number of aromatic nitrogens is 2. The third-order valence-corrected chi connectivity index (χ3v) is 6.24. The summed E-state index contributed by atoms with van der Waals surface area (Å²) in [5.74, 6) is 0.893. The zero-order chi connectivity index (χ0) is 24.7. The lowest BCUT2D eigenvalue weighted by molar-refractivity contribution is -0.135. The summed E-state index contributed by atoms with van der Waals surface area (Å²) in [5.41, 5.74) is 2.41. The Morgan fingerprint density at radius 3 is 2.35 bits per heavy atom. The second kappa shape index (κ2) is 12.0. The van der Waals surface area contributed by atoms with Crippen molar-refractivity contribution in [2.24, 2.45) is 0 Å². The molecule has 3 aromatic rings. The summed E-state index contributed by atoms with van der Waals surface area (Å²) in [5, 5.41) is 3.40. The SMILES string of the molecule is CC(C)N(C(=O)Cn1c(CCCCCNC(=O)c2ccccc2Cl)nc2ccccc21)C(C)C. The van der Waals surface area contributed by atoms with Crippen molar-refractivity contribution in [3.8, 4) is 0 Å². The first-order chi connectivity index (χ1) is 16.3. The van der Waals surface area contributed by atoms with E-state index in [1.807, 2.05) is 35.2 Å². The Balaban J connectivity index is 1.58. The van der Waals surface area contributed by atoms with Gasteiger partial charge in [0.15, 0.2) is 0 Å². The Morgan fingerprint density at radius 1 is 0.971 bits per heavy atom. The quantitative estimate of drug-likeness (QED) is 0.368. The van der Waals surface area contributed by atoms with Crippen LogP contribution in [0.5, 0.6) is 0 Å². The predicted molar refractivity (Wildman–Crippen MR) is 138 cm³/mol. The highest BCUT2D eigenvalue weighted by molar-refractivity contribution is 6.33. The molecule has 2 amide bonds. The van der Waals surface area contributed by atoms with Crippen molar-refractivity contribution in [2.75, 3.05) is 6.54 Å². The van der Waals surface area contributed by atoms with Crippen LogP contribution in [0, 0.1) is 0 Å². The molecule has 2 aromatic carbocycles. The first-order valence-electron chi connectivity index (χ1n) is 12.1. The van der Waals surface area contributed by atoms with Crippen LogP contribution in [0.1, 0.15) is 63.1 Å². The lowest BCUT2D eigenvalue weighted by Crippen LogP contribution is -2.43. The molecule has 182 valence electrons. The van der Waals surface area contributed by atoms with Crippen molar-refractivity contribution >= 4 is 34.4 Å². The lowest BCUT2D eigenvalue weighted by Gasteiger charge is -2.31. The summed E-state index contributed by atoms with van der Waals surface area (Å²) in [6, 6.07) is 15.3. The van der Waals surface area contributed by atoms with E-state index in [0.717, 1.165) is 42.5 Å². The maximum absolute atomic E-state index is 13.1. The minimum atomic E-state index is -0.147. The Hall–Kier alpha value is -2.86. The normalized spacial score (nSPS) is 11.4. The van der Waals surface area contributed by atoms with E-state index in [0.29, 0.717) is 23.7 Å². The van der Waals surface area contributed by atoms with Crippen LogP contribution in [-0.2, 0) is 17.8 Å². The van der Waals surface area contributed by atoms with E-state index in [9.17, 15) is 9.59 Å². The molecular formula is C27H35ClN4O2. The Bertz CT molecular complexity index is 1110. The van der Waals surface area contributed by atoms with Gasteiger partial charge >= 0.3 is 0 Å². The minimum Gasteiger partial charge on any atom is -0.352 e. The van der Waals surface area contributed by atoms with Gasteiger partial charge in [-0.3, -0.25) is 9.59 Å². The van der Waals surface area contributed by atoms with E-state index in [2.05, 4.69) is 37.6 Å². The van der Waals surface area contributed by atoms with Gasteiger partial charge < -0.3 is 14.8 Å². The second-order valence-electron chi connectivity index (χ2n) is 9.14. The predicted octanol–water partition coefficient (Wildman–Crippen LogP) is 5.48. The van der Waals surface area contributed by atoms with E-state index in [4.69, 9.17) is 16.6 Å². The van der Waals surface area contributed by atoms with E-state index in [-0.39, 0.29) is 23.9 Å². The maximum Gasteiger partial charge on any atom is 0.252 e. The molecule has 0 fully saturated rings. The molecule has 0 spiro atoms. The summed E-state index contributed by atoms with van der Waals surface area (Å²) in [6.45, 7) is 9.09. The number of hydrogen-bond acceptors (Lipinski definition) is 3. The number of fused-ring (bicyclic) bond motifs is 1. The third-order valence-electron chi connectivity index (χ3n) is 5.91. The highest BCUT2D eigenvalue weighted by Crippen LogP contribution is 2.19. The number of para-hydroxylation sites is 2. The molecule has 34 heavy (non-hydrogen) atoms. The van der Waals surface area contributed by atoms with E-state index in [1.165, 1.54) is 0 Å². The number of carbonyl (C=O) groups excluding carboxylic acids is 2. The molecule has 1 heterocycles. The fraction of sp³-hybridized carbons (Fsp3) is 0.444. The molecule has 1 aromatic heterocycles. The van der Waals surface area contributed by atoms with Crippen molar-refractivity contribution in [3.05, 3.63) is 64.9 Å². The molecule has 0 bridgehead atoms. The van der Waals surface area contributed by atoms with Crippen LogP contribution in [0.15, 0.2) is 48.5 Å². The van der Waals surface area contributed by atoms with Crippen LogP contribution in [-0.4, -0.2) is 44.9 Å². The van der Waals surface area contributed by atoms with E-state index >= 15 is 0 Å². The van der Waals surface area contributed by atoms with Crippen molar-refractivity contribution in [2.45, 2.75) is 72.0 Å². The van der Waals surface area contributed by atoms with Crippen LogP contribution in [0.25, 0.3) is 11.0 Å². The molecule has 7 heteroatoms. The van der Waals surface area contributed by atoms with Gasteiger partial charge in [0, 0.05) is 25.0 Å². The molecule has 1 N–H and O–H groups in total. The van der Waals surface area contributed by atoms with Crippen LogP contribution in [0.3, 0.4) is 0 Å². The average Bonchev–Trinajstić information content (AvgIpc) is 3.13. The van der Waals surface area contributed by atoms with Crippen LogP contribution < -0.4 is 5.32 Å². The fourth-order valence-electron chi connectivity index (χ4n) is 4.41.